The van der Waals surface area contributed by atoms with Crippen molar-refractivity contribution < 1.29 is 4.74 Å². The van der Waals surface area contributed by atoms with E-state index in [1.165, 1.54) is 0 Å². The second-order valence-corrected chi connectivity index (χ2v) is 4.39. The molecule has 0 spiro atoms. The van der Waals surface area contributed by atoms with Gasteiger partial charge in [-0.1, -0.05) is 30.1 Å². The van der Waals surface area contributed by atoms with Crippen LogP contribution in [-0.4, -0.2) is 20.2 Å². The van der Waals surface area contributed by atoms with Gasteiger partial charge in [0.15, 0.2) is 0 Å². The van der Waals surface area contributed by atoms with Gasteiger partial charge in [0.1, 0.15) is 5.75 Å². The third-order valence-corrected chi connectivity index (χ3v) is 2.52. The molecule has 0 heterocycles. The Morgan fingerprint density at radius 3 is 2.80 bits per heavy atom. The molecular formula is C11H15Cl2NO. The van der Waals surface area contributed by atoms with E-state index in [1.807, 2.05) is 7.05 Å². The number of hydrogen-bond acceptors (Lipinski definition) is 2. The predicted octanol–water partition coefficient (Wildman–Crippen LogP) is 3.23. The van der Waals surface area contributed by atoms with E-state index in [0.29, 0.717) is 28.3 Å². The van der Waals surface area contributed by atoms with Crippen LogP contribution < -0.4 is 10.1 Å². The zero-order chi connectivity index (χ0) is 11.3. The average Bonchev–Trinajstić information content (AvgIpc) is 2.20. The Morgan fingerprint density at radius 1 is 1.40 bits per heavy atom. The molecular weight excluding hydrogens is 233 g/mol. The minimum Gasteiger partial charge on any atom is -0.492 e. The maximum Gasteiger partial charge on any atom is 0.139 e. The summed E-state index contributed by atoms with van der Waals surface area (Å²) in [6, 6.07) is 5.21. The maximum atomic E-state index is 5.96. The summed E-state index contributed by atoms with van der Waals surface area (Å²) in [5, 5.41) is 4.32. The van der Waals surface area contributed by atoms with E-state index in [0.717, 1.165) is 6.54 Å². The highest BCUT2D eigenvalue weighted by Crippen LogP contribution is 2.27. The molecule has 0 aliphatic carbocycles. The van der Waals surface area contributed by atoms with Crippen LogP contribution in [0.5, 0.6) is 5.75 Å². The Kier molecular flexibility index (Phi) is 5.23. The first kappa shape index (κ1) is 12.6. The Labute approximate surface area is 101 Å². The molecule has 1 aromatic carbocycles. The monoisotopic (exact) mass is 247 g/mol. The highest BCUT2D eigenvalue weighted by molar-refractivity contribution is 6.34. The van der Waals surface area contributed by atoms with Crippen molar-refractivity contribution in [2.45, 2.75) is 6.92 Å². The van der Waals surface area contributed by atoms with E-state index >= 15 is 0 Å². The number of rotatable bonds is 5. The normalized spacial score (nSPS) is 12.5. The van der Waals surface area contributed by atoms with Gasteiger partial charge in [0.05, 0.1) is 11.6 Å². The minimum atomic E-state index is 0.435. The molecule has 0 saturated carbocycles. The van der Waals surface area contributed by atoms with Gasteiger partial charge in [0.25, 0.3) is 0 Å². The number of nitrogens with one attached hydrogen (secondary N) is 1. The fourth-order valence-corrected chi connectivity index (χ4v) is 1.56. The third kappa shape index (κ3) is 4.29. The van der Waals surface area contributed by atoms with Crippen molar-refractivity contribution in [2.75, 3.05) is 20.2 Å². The van der Waals surface area contributed by atoms with E-state index in [1.54, 1.807) is 18.2 Å². The second kappa shape index (κ2) is 6.21. The number of benzene rings is 1. The highest BCUT2D eigenvalue weighted by Gasteiger charge is 2.05. The van der Waals surface area contributed by atoms with Crippen LogP contribution in [0.3, 0.4) is 0 Å². The smallest absolute Gasteiger partial charge is 0.139 e. The van der Waals surface area contributed by atoms with Crippen molar-refractivity contribution in [1.82, 2.24) is 5.32 Å². The molecule has 0 amide bonds. The predicted molar refractivity (Wildman–Crippen MR) is 65.0 cm³/mol. The fraction of sp³-hybridized carbons (Fsp3) is 0.455. The van der Waals surface area contributed by atoms with Crippen LogP contribution in [0, 0.1) is 5.92 Å². The Bertz CT molecular complexity index is 317. The summed E-state index contributed by atoms with van der Waals surface area (Å²) in [5.74, 6) is 1.08. The molecule has 0 radical (unpaired) electrons. The van der Waals surface area contributed by atoms with Crippen molar-refractivity contribution in [3.8, 4) is 5.75 Å². The zero-order valence-electron chi connectivity index (χ0n) is 8.89. The van der Waals surface area contributed by atoms with E-state index in [-0.39, 0.29) is 0 Å². The lowest BCUT2D eigenvalue weighted by molar-refractivity contribution is 0.258. The lowest BCUT2D eigenvalue weighted by Crippen LogP contribution is -2.21. The summed E-state index contributed by atoms with van der Waals surface area (Å²) in [5.41, 5.74) is 0. The van der Waals surface area contributed by atoms with Crippen LogP contribution in [0.2, 0.25) is 10.0 Å². The Morgan fingerprint density at radius 2 is 2.13 bits per heavy atom. The van der Waals surface area contributed by atoms with Crippen molar-refractivity contribution in [3.63, 3.8) is 0 Å². The van der Waals surface area contributed by atoms with Gasteiger partial charge in [-0.05, 0) is 19.2 Å². The zero-order valence-corrected chi connectivity index (χ0v) is 10.4. The van der Waals surface area contributed by atoms with Crippen LogP contribution in [0.1, 0.15) is 6.92 Å². The molecule has 0 bridgehead atoms. The molecule has 1 N–H and O–H groups in total. The van der Waals surface area contributed by atoms with Gasteiger partial charge >= 0.3 is 0 Å². The summed E-state index contributed by atoms with van der Waals surface area (Å²) in [6.07, 6.45) is 0. The van der Waals surface area contributed by atoms with Crippen LogP contribution in [0.25, 0.3) is 0 Å². The first-order valence-corrected chi connectivity index (χ1v) is 5.61. The SMILES string of the molecule is CNCC(C)COc1cc(Cl)ccc1Cl. The van der Waals surface area contributed by atoms with Crippen molar-refractivity contribution in [3.05, 3.63) is 28.2 Å². The molecule has 4 heteroatoms. The van der Waals surface area contributed by atoms with Gasteiger partial charge < -0.3 is 10.1 Å². The molecule has 0 aliphatic rings. The minimum absolute atomic E-state index is 0.435. The molecule has 0 aromatic heterocycles. The maximum absolute atomic E-state index is 5.96. The standard InChI is InChI=1S/C11H15Cl2NO/c1-8(6-14-2)7-15-11-5-9(12)3-4-10(11)13/h3-5,8,14H,6-7H2,1-2H3. The van der Waals surface area contributed by atoms with Crippen LogP contribution in [0.4, 0.5) is 0 Å². The summed E-state index contributed by atoms with van der Waals surface area (Å²) < 4.78 is 5.58. The van der Waals surface area contributed by atoms with Crippen LogP contribution >= 0.6 is 23.2 Å². The van der Waals surface area contributed by atoms with Gasteiger partial charge in [-0.25, -0.2) is 0 Å². The average molecular weight is 248 g/mol. The lowest BCUT2D eigenvalue weighted by atomic mass is 10.2. The Hall–Kier alpha value is -0.440. The first-order chi connectivity index (χ1) is 7.13. The van der Waals surface area contributed by atoms with Crippen LogP contribution in [0.15, 0.2) is 18.2 Å². The van der Waals surface area contributed by atoms with E-state index < -0.39 is 0 Å². The first-order valence-electron chi connectivity index (χ1n) is 4.86. The van der Waals surface area contributed by atoms with Crippen molar-refractivity contribution in [2.24, 2.45) is 5.92 Å². The van der Waals surface area contributed by atoms with Crippen molar-refractivity contribution >= 4 is 23.2 Å². The lowest BCUT2D eigenvalue weighted by Gasteiger charge is -2.13. The fourth-order valence-electron chi connectivity index (χ4n) is 1.23. The molecule has 1 aromatic rings. The molecule has 1 rings (SSSR count). The Balaban J connectivity index is 2.53. The second-order valence-electron chi connectivity index (χ2n) is 3.55. The van der Waals surface area contributed by atoms with E-state index in [4.69, 9.17) is 27.9 Å². The van der Waals surface area contributed by atoms with E-state index in [9.17, 15) is 0 Å². The highest BCUT2D eigenvalue weighted by atomic mass is 35.5. The molecule has 0 fully saturated rings. The van der Waals surface area contributed by atoms with Gasteiger partial charge in [-0.2, -0.15) is 0 Å². The molecule has 0 saturated heterocycles. The topological polar surface area (TPSA) is 21.3 Å². The van der Waals surface area contributed by atoms with Crippen molar-refractivity contribution in [1.29, 1.82) is 0 Å². The molecule has 15 heavy (non-hydrogen) atoms. The van der Waals surface area contributed by atoms with Gasteiger partial charge in [-0.3, -0.25) is 0 Å². The molecule has 84 valence electrons. The molecule has 1 atom stereocenters. The number of ether oxygens (including phenoxy) is 1. The van der Waals surface area contributed by atoms with Gasteiger partial charge in [-0.15, -0.1) is 0 Å². The summed E-state index contributed by atoms with van der Waals surface area (Å²) >= 11 is 11.8. The van der Waals surface area contributed by atoms with Gasteiger partial charge in [0, 0.05) is 23.6 Å². The number of hydrogen-bond donors (Lipinski definition) is 1. The van der Waals surface area contributed by atoms with Crippen LogP contribution in [-0.2, 0) is 0 Å². The molecule has 1 unspecified atom stereocenters. The molecule has 0 aliphatic heterocycles. The quantitative estimate of drug-likeness (QED) is 0.863. The summed E-state index contributed by atoms with van der Waals surface area (Å²) in [6.45, 7) is 3.65. The summed E-state index contributed by atoms with van der Waals surface area (Å²) in [4.78, 5) is 0. The number of halogens is 2. The molecule has 2 nitrogen and oxygen atoms in total. The third-order valence-electron chi connectivity index (χ3n) is 1.97. The van der Waals surface area contributed by atoms with E-state index in [2.05, 4.69) is 12.2 Å². The summed E-state index contributed by atoms with van der Waals surface area (Å²) in [7, 11) is 1.92. The van der Waals surface area contributed by atoms with Gasteiger partial charge in [0.2, 0.25) is 0 Å². The largest absolute Gasteiger partial charge is 0.492 e.